The van der Waals surface area contributed by atoms with Gasteiger partial charge in [0, 0.05) is 48.0 Å². The van der Waals surface area contributed by atoms with E-state index < -0.39 is 0 Å². The van der Waals surface area contributed by atoms with Gasteiger partial charge in [-0.2, -0.15) is 4.58 Å². The first-order valence-corrected chi connectivity index (χ1v) is 13.1. The number of allylic oxidation sites excluding steroid dienone is 8. The molecule has 35 heavy (non-hydrogen) atoms. The van der Waals surface area contributed by atoms with E-state index in [1.807, 2.05) is 0 Å². The van der Waals surface area contributed by atoms with Crippen LogP contribution in [0.5, 0.6) is 0 Å². The molecule has 1 aliphatic carbocycles. The lowest BCUT2D eigenvalue weighted by Gasteiger charge is -2.30. The average molecular weight is 464 g/mol. The lowest BCUT2D eigenvalue weighted by molar-refractivity contribution is -0.440. The maximum Gasteiger partial charge on any atom is 0.208 e. The number of hydrogen-bond donors (Lipinski definition) is 0. The molecule has 0 N–H and O–H groups in total. The van der Waals surface area contributed by atoms with Crippen molar-refractivity contribution in [2.75, 3.05) is 18.5 Å². The smallest absolute Gasteiger partial charge is 0.208 e. The zero-order valence-corrected chi connectivity index (χ0v) is 22.0. The molecular formula is C33H39N2+. The number of benzene rings is 2. The number of nitrogens with zero attached hydrogens (tertiary/aromatic N) is 2. The largest absolute Gasteiger partial charge is 0.347 e. The van der Waals surface area contributed by atoms with Crippen LogP contribution in [0.3, 0.4) is 0 Å². The van der Waals surface area contributed by atoms with Crippen molar-refractivity contribution in [3.8, 4) is 0 Å². The van der Waals surface area contributed by atoms with E-state index in [-0.39, 0.29) is 10.8 Å². The van der Waals surface area contributed by atoms with Gasteiger partial charge >= 0.3 is 0 Å². The van der Waals surface area contributed by atoms with Gasteiger partial charge in [0.1, 0.15) is 6.54 Å². The molecule has 0 atom stereocenters. The maximum absolute atomic E-state index is 2.43. The summed E-state index contributed by atoms with van der Waals surface area (Å²) >= 11 is 0. The molecule has 2 aliphatic heterocycles. The van der Waals surface area contributed by atoms with Crippen LogP contribution >= 0.6 is 0 Å². The fraction of sp³-hybridized carbons (Fsp3) is 0.364. The molecule has 2 aromatic carbocycles. The minimum absolute atomic E-state index is 0.0145. The zero-order valence-electron chi connectivity index (χ0n) is 22.0. The summed E-state index contributed by atoms with van der Waals surface area (Å²) in [5.74, 6) is 0. The number of likely N-dealkylation sites (N-methyl/N-ethyl adjacent to an activating group) is 1. The van der Waals surface area contributed by atoms with Gasteiger partial charge in [-0.05, 0) is 53.5 Å². The van der Waals surface area contributed by atoms with Gasteiger partial charge in [0.2, 0.25) is 5.69 Å². The van der Waals surface area contributed by atoms with Crippen LogP contribution in [0.4, 0.5) is 11.4 Å². The van der Waals surface area contributed by atoms with Crippen molar-refractivity contribution in [1.82, 2.24) is 0 Å². The van der Waals surface area contributed by atoms with Crippen LogP contribution in [0, 0.1) is 5.41 Å². The van der Waals surface area contributed by atoms with Crippen LogP contribution in [0.1, 0.15) is 58.1 Å². The summed E-state index contributed by atoms with van der Waals surface area (Å²) in [4.78, 5) is 2.34. The van der Waals surface area contributed by atoms with Crippen LogP contribution in [0.2, 0.25) is 0 Å². The monoisotopic (exact) mass is 463 g/mol. The van der Waals surface area contributed by atoms with Crippen molar-refractivity contribution in [2.45, 2.75) is 58.8 Å². The highest BCUT2D eigenvalue weighted by Gasteiger charge is 2.37. The van der Waals surface area contributed by atoms with Gasteiger partial charge in [0.25, 0.3) is 0 Å². The van der Waals surface area contributed by atoms with Gasteiger partial charge < -0.3 is 4.90 Å². The second kappa shape index (κ2) is 9.15. The van der Waals surface area contributed by atoms with E-state index in [0.717, 1.165) is 19.4 Å². The van der Waals surface area contributed by atoms with Gasteiger partial charge in [-0.3, -0.25) is 0 Å². The normalized spacial score (nSPS) is 24.2. The van der Waals surface area contributed by atoms with E-state index in [1.54, 1.807) is 0 Å². The summed E-state index contributed by atoms with van der Waals surface area (Å²) in [6.07, 6.45) is 18.6. The van der Waals surface area contributed by atoms with Crippen molar-refractivity contribution >= 4 is 17.6 Å². The van der Waals surface area contributed by atoms with Gasteiger partial charge in [-0.15, -0.1) is 0 Å². The predicted octanol–water partition coefficient (Wildman–Crippen LogP) is 7.89. The van der Waals surface area contributed by atoms with Gasteiger partial charge in [0.15, 0.2) is 6.21 Å². The third kappa shape index (κ3) is 4.72. The third-order valence-electron chi connectivity index (χ3n) is 7.86. The van der Waals surface area contributed by atoms with Crippen LogP contribution in [-0.4, -0.2) is 24.4 Å². The van der Waals surface area contributed by atoms with E-state index in [0.29, 0.717) is 0 Å². The Kier molecular flexibility index (Phi) is 6.17. The molecule has 0 bridgehead atoms. The van der Waals surface area contributed by atoms with Crippen LogP contribution < -0.4 is 4.90 Å². The second-order valence-electron chi connectivity index (χ2n) is 11.7. The first-order valence-electron chi connectivity index (χ1n) is 13.1. The van der Waals surface area contributed by atoms with Crippen molar-refractivity contribution in [3.05, 3.63) is 107 Å². The van der Waals surface area contributed by atoms with Gasteiger partial charge in [-0.25, -0.2) is 0 Å². The molecular weight excluding hydrogens is 424 g/mol. The zero-order chi connectivity index (χ0) is 24.6. The van der Waals surface area contributed by atoms with E-state index in [4.69, 9.17) is 0 Å². The standard InChI is InChI=1S/C33H39N2/c1-32(2)23-25(12-10-18-31-33(3,4)28-15-7-9-17-30(28)34(31)5)22-26(24-32)19-21-35-20-11-14-27-13-6-8-16-29(27)35/h6-10,12-13,15-19,21-22H,11,14,20,23-24H2,1-5H3/q+1. The molecule has 5 rings (SSSR count). The van der Waals surface area contributed by atoms with Crippen LogP contribution in [0.15, 0.2) is 95.8 Å². The number of anilines is 1. The summed E-state index contributed by atoms with van der Waals surface area (Å²) in [5.41, 5.74) is 10.0. The predicted molar refractivity (Wildman–Crippen MR) is 150 cm³/mol. The molecule has 0 spiro atoms. The molecule has 2 heteroatoms. The highest BCUT2D eigenvalue weighted by molar-refractivity contribution is 5.71. The Hall–Kier alpha value is -3.13. The third-order valence-corrected chi connectivity index (χ3v) is 7.86. The average Bonchev–Trinajstić information content (AvgIpc) is 3.02. The van der Waals surface area contributed by atoms with E-state index in [1.165, 1.54) is 52.2 Å². The first kappa shape index (κ1) is 23.6. The molecule has 0 unspecified atom stereocenters. The van der Waals surface area contributed by atoms with Gasteiger partial charge in [0.05, 0.1) is 0 Å². The summed E-state index contributed by atoms with van der Waals surface area (Å²) in [7, 11) is 2.19. The number of rotatable bonds is 3. The van der Waals surface area contributed by atoms with Crippen molar-refractivity contribution in [3.63, 3.8) is 0 Å². The summed E-state index contributed by atoms with van der Waals surface area (Å²) in [6.45, 7) is 10.5. The maximum atomic E-state index is 2.43. The molecule has 0 saturated carbocycles. The second-order valence-corrected chi connectivity index (χ2v) is 11.7. The lowest BCUT2D eigenvalue weighted by Crippen LogP contribution is -2.22. The SMILES string of the molecule is CN1/C(=C/C=C/C2=CC(=C/C=[N+]3CCCc4ccccc43)/CC(C)(C)C2)C(C)(C)c2ccccc21. The minimum atomic E-state index is 0.0145. The van der Waals surface area contributed by atoms with Gasteiger partial charge in [-0.1, -0.05) is 82.3 Å². The topological polar surface area (TPSA) is 6.25 Å². The van der Waals surface area contributed by atoms with Crippen molar-refractivity contribution < 1.29 is 4.58 Å². The summed E-state index contributed by atoms with van der Waals surface area (Å²) < 4.78 is 2.43. The molecule has 3 aliphatic rings. The van der Waals surface area contributed by atoms with Crippen molar-refractivity contribution in [1.29, 1.82) is 0 Å². The fourth-order valence-corrected chi connectivity index (χ4v) is 6.19. The van der Waals surface area contributed by atoms with E-state index in [9.17, 15) is 0 Å². The lowest BCUT2D eigenvalue weighted by atomic mass is 9.75. The molecule has 0 amide bonds. The van der Waals surface area contributed by atoms with E-state index in [2.05, 4.69) is 129 Å². The van der Waals surface area contributed by atoms with Crippen LogP contribution in [0.25, 0.3) is 0 Å². The quantitative estimate of drug-likeness (QED) is 0.420. The number of hydrogen-bond acceptors (Lipinski definition) is 1. The molecule has 0 fully saturated rings. The molecule has 180 valence electrons. The van der Waals surface area contributed by atoms with E-state index >= 15 is 0 Å². The number of aryl methyl sites for hydroxylation is 1. The van der Waals surface area contributed by atoms with Crippen LogP contribution in [-0.2, 0) is 11.8 Å². The fourth-order valence-electron chi connectivity index (χ4n) is 6.19. The molecule has 0 radical (unpaired) electrons. The number of para-hydroxylation sites is 2. The summed E-state index contributed by atoms with van der Waals surface area (Å²) in [5, 5.41) is 0. The Morgan fingerprint density at radius 2 is 1.69 bits per heavy atom. The number of fused-ring (bicyclic) bond motifs is 2. The highest BCUT2D eigenvalue weighted by Crippen LogP contribution is 2.46. The molecule has 2 heterocycles. The molecule has 2 nitrogen and oxygen atoms in total. The molecule has 0 saturated heterocycles. The Morgan fingerprint density at radius 1 is 0.914 bits per heavy atom. The Morgan fingerprint density at radius 3 is 2.51 bits per heavy atom. The van der Waals surface area contributed by atoms with Crippen molar-refractivity contribution in [2.24, 2.45) is 5.41 Å². The molecule has 2 aromatic rings. The minimum Gasteiger partial charge on any atom is -0.347 e. The Labute approximate surface area is 211 Å². The first-order chi connectivity index (χ1) is 16.7. The Bertz CT molecular complexity index is 1280. The summed E-state index contributed by atoms with van der Waals surface area (Å²) in [6, 6.07) is 17.6. The highest BCUT2D eigenvalue weighted by atomic mass is 15.2. The Balaban J connectivity index is 1.40. The molecule has 0 aromatic heterocycles.